The van der Waals surface area contributed by atoms with Gasteiger partial charge in [-0.1, -0.05) is 52.0 Å². The van der Waals surface area contributed by atoms with Crippen molar-refractivity contribution in [1.29, 1.82) is 0 Å². The van der Waals surface area contributed by atoms with Crippen LogP contribution in [-0.4, -0.2) is 53.2 Å². The van der Waals surface area contributed by atoms with Crippen LogP contribution in [0.15, 0.2) is 77.2 Å². The molecule has 0 bridgehead atoms. The fourth-order valence-corrected chi connectivity index (χ4v) is 4.24. The Morgan fingerprint density at radius 3 is 2.60 bits per heavy atom. The summed E-state index contributed by atoms with van der Waals surface area (Å²) in [5, 5.41) is 8.12. The molecule has 0 saturated carbocycles. The number of hydrogen-bond donors (Lipinski definition) is 2. The molecule has 2 aromatic heterocycles. The van der Waals surface area contributed by atoms with Crippen LogP contribution in [0.2, 0.25) is 5.02 Å². The first kappa shape index (κ1) is 33.4. The second kappa shape index (κ2) is 17.1. The van der Waals surface area contributed by atoms with E-state index in [1.165, 1.54) is 6.21 Å². The molecule has 1 aliphatic rings. The standard InChI is InChI=1S/C30H34ClFN8O.C2H6/c1-5-20(3)16-34-28(21(4)6-2)22-13-23(31)15-26(14-22)37-25-8-7-24(33-17-25)18-36-39-30-35-19-27(32)29(38-30)40-9-11-41-12-10-40;1-2/h5,7-8,13-19,21,37H,1,6,9-12H2,2-4H3,(H,35,38,39);1-2H3/b20-16-,34-28?,36-18+;. The smallest absolute Gasteiger partial charge is 0.245 e. The van der Waals surface area contributed by atoms with E-state index < -0.39 is 5.82 Å². The fourth-order valence-electron chi connectivity index (χ4n) is 4.00. The molecule has 0 aliphatic carbocycles. The van der Waals surface area contributed by atoms with Gasteiger partial charge in [-0.25, -0.2) is 14.8 Å². The van der Waals surface area contributed by atoms with Crippen molar-refractivity contribution >= 4 is 46.7 Å². The SMILES string of the molecule is C=C/C(C)=C\N=C(c1cc(Cl)cc(Nc2ccc(/C=N/Nc3ncc(F)c(N4CCOCC4)n3)nc2)c1)C(C)CC.CC. The summed E-state index contributed by atoms with van der Waals surface area (Å²) in [5.41, 5.74) is 7.85. The van der Waals surface area contributed by atoms with Crippen LogP contribution in [0.4, 0.5) is 27.5 Å². The number of morpholine rings is 1. The number of nitrogens with zero attached hydrogens (tertiary/aromatic N) is 6. The first-order chi connectivity index (χ1) is 20.9. The molecule has 2 N–H and O–H groups in total. The Morgan fingerprint density at radius 1 is 1.16 bits per heavy atom. The molecule has 9 nitrogen and oxygen atoms in total. The molecule has 0 spiro atoms. The molecule has 1 atom stereocenters. The minimum Gasteiger partial charge on any atom is -0.378 e. The van der Waals surface area contributed by atoms with Gasteiger partial charge in [-0.2, -0.15) is 10.1 Å². The van der Waals surface area contributed by atoms with Crippen LogP contribution in [0.5, 0.6) is 0 Å². The summed E-state index contributed by atoms with van der Waals surface area (Å²) in [7, 11) is 0. The lowest BCUT2D eigenvalue weighted by molar-refractivity contribution is 0.122. The summed E-state index contributed by atoms with van der Waals surface area (Å²) in [6, 6.07) is 9.52. The fraction of sp³-hybridized carbons (Fsp3) is 0.344. The third-order valence-electron chi connectivity index (χ3n) is 6.47. The second-order valence-corrected chi connectivity index (χ2v) is 10.00. The Hall–Kier alpha value is -4.15. The zero-order valence-corrected chi connectivity index (χ0v) is 26.2. The molecule has 43 heavy (non-hydrogen) atoms. The van der Waals surface area contributed by atoms with Crippen LogP contribution in [0, 0.1) is 11.7 Å². The number of pyridine rings is 1. The molecule has 1 unspecified atom stereocenters. The highest BCUT2D eigenvalue weighted by atomic mass is 35.5. The number of rotatable bonds is 11. The zero-order chi connectivity index (χ0) is 31.2. The molecule has 0 radical (unpaired) electrons. The van der Waals surface area contributed by atoms with Crippen LogP contribution in [-0.2, 0) is 4.74 Å². The van der Waals surface area contributed by atoms with Crippen LogP contribution >= 0.6 is 11.6 Å². The van der Waals surface area contributed by atoms with Gasteiger partial charge in [0.05, 0.1) is 48.9 Å². The Morgan fingerprint density at radius 2 is 1.93 bits per heavy atom. The van der Waals surface area contributed by atoms with Crippen LogP contribution in [0.1, 0.15) is 52.3 Å². The zero-order valence-electron chi connectivity index (χ0n) is 25.4. The molecule has 1 aromatic carbocycles. The van der Waals surface area contributed by atoms with Crippen LogP contribution in [0.25, 0.3) is 0 Å². The van der Waals surface area contributed by atoms with Crippen molar-refractivity contribution in [2.24, 2.45) is 16.0 Å². The van der Waals surface area contributed by atoms with Gasteiger partial charge in [0.2, 0.25) is 5.95 Å². The Labute approximate surface area is 258 Å². The topological polar surface area (TPSA) is 99.9 Å². The van der Waals surface area contributed by atoms with E-state index in [1.807, 2.05) is 62.2 Å². The lowest BCUT2D eigenvalue weighted by Crippen LogP contribution is -2.37. The highest BCUT2D eigenvalue weighted by Crippen LogP contribution is 2.26. The maximum atomic E-state index is 14.2. The number of hydrazone groups is 1. The number of halogens is 2. The van der Waals surface area contributed by atoms with Gasteiger partial charge in [-0.05, 0) is 60.7 Å². The number of allylic oxidation sites excluding steroid dienone is 2. The van der Waals surface area contributed by atoms with Crippen molar-refractivity contribution < 1.29 is 9.13 Å². The van der Waals surface area contributed by atoms with E-state index in [-0.39, 0.29) is 17.7 Å². The Bertz CT molecular complexity index is 1440. The van der Waals surface area contributed by atoms with Gasteiger partial charge >= 0.3 is 0 Å². The van der Waals surface area contributed by atoms with Crippen molar-refractivity contribution in [1.82, 2.24) is 15.0 Å². The van der Waals surface area contributed by atoms with E-state index in [0.29, 0.717) is 37.0 Å². The lowest BCUT2D eigenvalue weighted by atomic mass is 9.95. The van der Waals surface area contributed by atoms with Crippen molar-refractivity contribution in [2.45, 2.75) is 41.0 Å². The molecule has 4 rings (SSSR count). The summed E-state index contributed by atoms with van der Waals surface area (Å²) >= 11 is 6.49. The normalized spacial score (nSPS) is 14.6. The van der Waals surface area contributed by atoms with Gasteiger partial charge < -0.3 is 15.0 Å². The van der Waals surface area contributed by atoms with Crippen molar-refractivity contribution in [3.05, 3.63) is 89.3 Å². The number of benzene rings is 1. The minimum atomic E-state index is -0.485. The first-order valence-electron chi connectivity index (χ1n) is 14.4. The van der Waals surface area contributed by atoms with E-state index >= 15 is 0 Å². The lowest BCUT2D eigenvalue weighted by Gasteiger charge is -2.27. The molecule has 1 aliphatic heterocycles. The highest BCUT2D eigenvalue weighted by molar-refractivity contribution is 6.31. The number of hydrogen-bond acceptors (Lipinski definition) is 9. The van der Waals surface area contributed by atoms with Gasteiger partial charge in [0.1, 0.15) is 0 Å². The number of aromatic nitrogens is 3. The van der Waals surface area contributed by atoms with E-state index in [2.05, 4.69) is 51.2 Å². The summed E-state index contributed by atoms with van der Waals surface area (Å²) in [4.78, 5) is 19.2. The number of anilines is 4. The highest BCUT2D eigenvalue weighted by Gasteiger charge is 2.18. The first-order valence-corrected chi connectivity index (χ1v) is 14.8. The molecule has 1 fully saturated rings. The van der Waals surface area contributed by atoms with E-state index in [4.69, 9.17) is 21.3 Å². The quantitative estimate of drug-likeness (QED) is 0.131. The van der Waals surface area contributed by atoms with E-state index in [0.717, 1.165) is 40.8 Å². The largest absolute Gasteiger partial charge is 0.378 e. The average Bonchev–Trinajstić information content (AvgIpc) is 3.03. The summed E-state index contributed by atoms with van der Waals surface area (Å²) in [5.74, 6) is 0.176. The van der Waals surface area contributed by atoms with Crippen LogP contribution < -0.4 is 15.6 Å². The maximum Gasteiger partial charge on any atom is 0.245 e. The monoisotopic (exact) mass is 606 g/mol. The van der Waals surface area contributed by atoms with Gasteiger partial charge in [-0.3, -0.25) is 9.98 Å². The molecule has 3 heterocycles. The van der Waals surface area contributed by atoms with Crippen molar-refractivity contribution in [2.75, 3.05) is 41.9 Å². The summed E-state index contributed by atoms with van der Waals surface area (Å²) < 4.78 is 19.6. The molecule has 11 heteroatoms. The van der Waals surface area contributed by atoms with Gasteiger partial charge in [0.25, 0.3) is 0 Å². The Balaban J connectivity index is 0.00000248. The van der Waals surface area contributed by atoms with E-state index in [1.54, 1.807) is 12.3 Å². The minimum absolute atomic E-state index is 0.189. The average molecular weight is 607 g/mol. The molecular formula is C32H40ClFN8O. The molecule has 228 valence electrons. The van der Waals surface area contributed by atoms with E-state index in [9.17, 15) is 4.39 Å². The van der Waals surface area contributed by atoms with Crippen molar-refractivity contribution in [3.8, 4) is 0 Å². The second-order valence-electron chi connectivity index (χ2n) is 9.56. The molecule has 1 saturated heterocycles. The number of aliphatic imine (C=N–C) groups is 1. The Kier molecular flexibility index (Phi) is 13.3. The predicted molar refractivity (Wildman–Crippen MR) is 177 cm³/mol. The predicted octanol–water partition coefficient (Wildman–Crippen LogP) is 7.64. The molecule has 0 amide bonds. The third-order valence-corrected chi connectivity index (χ3v) is 6.69. The van der Waals surface area contributed by atoms with Gasteiger partial charge in [-0.15, -0.1) is 0 Å². The van der Waals surface area contributed by atoms with Gasteiger partial charge in [0, 0.05) is 30.0 Å². The maximum absolute atomic E-state index is 14.2. The van der Waals surface area contributed by atoms with Gasteiger partial charge in [0.15, 0.2) is 11.6 Å². The van der Waals surface area contributed by atoms with Crippen molar-refractivity contribution in [3.63, 3.8) is 0 Å². The third kappa shape index (κ3) is 9.97. The molecular weight excluding hydrogens is 567 g/mol. The number of nitrogens with one attached hydrogen (secondary N) is 2. The number of ether oxygens (including phenoxy) is 1. The summed E-state index contributed by atoms with van der Waals surface area (Å²) in [6.45, 7) is 16.2. The summed E-state index contributed by atoms with van der Waals surface area (Å²) in [6.07, 6.45) is 8.92. The molecule has 3 aromatic rings. The van der Waals surface area contributed by atoms with Crippen LogP contribution in [0.3, 0.4) is 0 Å².